The summed E-state index contributed by atoms with van der Waals surface area (Å²) in [5, 5.41) is 0. The summed E-state index contributed by atoms with van der Waals surface area (Å²) in [6, 6.07) is 5.19. The zero-order chi connectivity index (χ0) is 18.8. The number of nitrogens with zero attached hydrogens (tertiary/aromatic N) is 1. The first-order valence-electron chi connectivity index (χ1n) is 10.3. The zero-order valence-electron chi connectivity index (χ0n) is 15.9. The molecule has 1 amide bonds. The van der Waals surface area contributed by atoms with E-state index >= 15 is 0 Å². The van der Waals surface area contributed by atoms with Crippen LogP contribution in [0.1, 0.15) is 56.9 Å². The molecule has 1 saturated heterocycles. The van der Waals surface area contributed by atoms with E-state index in [9.17, 15) is 13.2 Å². The Kier molecular flexibility index (Phi) is 3.96. The van der Waals surface area contributed by atoms with Crippen LogP contribution in [-0.4, -0.2) is 26.4 Å². The first-order chi connectivity index (χ1) is 12.8. The van der Waals surface area contributed by atoms with E-state index in [1.165, 1.54) is 19.3 Å². The molecule has 4 bridgehead atoms. The summed E-state index contributed by atoms with van der Waals surface area (Å²) < 4.78 is 29.5. The second-order valence-corrected chi connectivity index (χ2v) is 11.1. The van der Waals surface area contributed by atoms with Gasteiger partial charge in [-0.1, -0.05) is 0 Å². The van der Waals surface area contributed by atoms with Crippen LogP contribution in [-0.2, 0) is 14.8 Å². The van der Waals surface area contributed by atoms with Gasteiger partial charge in [0.05, 0.1) is 4.90 Å². The second-order valence-electron chi connectivity index (χ2n) is 9.40. The number of benzene rings is 1. The maximum Gasteiger partial charge on any atom is 0.241 e. The summed E-state index contributed by atoms with van der Waals surface area (Å²) in [5.74, 6) is 2.22. The average molecular weight is 389 g/mol. The molecule has 1 aromatic carbocycles. The Balaban J connectivity index is 1.41. The molecule has 1 N–H and O–H groups in total. The van der Waals surface area contributed by atoms with Crippen molar-refractivity contribution in [1.82, 2.24) is 4.72 Å². The Bertz CT molecular complexity index is 857. The third-order valence-corrected chi connectivity index (χ3v) is 8.81. The third-order valence-electron chi connectivity index (χ3n) is 7.23. The van der Waals surface area contributed by atoms with Gasteiger partial charge in [-0.15, -0.1) is 0 Å². The minimum atomic E-state index is -3.55. The first-order valence-corrected chi connectivity index (χ1v) is 11.8. The van der Waals surface area contributed by atoms with Gasteiger partial charge < -0.3 is 4.90 Å². The van der Waals surface area contributed by atoms with Gasteiger partial charge in [0.15, 0.2) is 0 Å². The summed E-state index contributed by atoms with van der Waals surface area (Å²) >= 11 is 0. The lowest BCUT2D eigenvalue weighted by Crippen LogP contribution is -2.59. The van der Waals surface area contributed by atoms with Crippen LogP contribution in [0.15, 0.2) is 23.1 Å². The molecule has 6 heteroatoms. The Morgan fingerprint density at radius 2 is 1.70 bits per heavy atom. The summed E-state index contributed by atoms with van der Waals surface area (Å²) in [5.41, 5.74) is 1.45. The summed E-state index contributed by atoms with van der Waals surface area (Å²) in [7, 11) is -3.55. The van der Waals surface area contributed by atoms with Crippen LogP contribution in [0.25, 0.3) is 0 Å². The number of hydrogen-bond acceptors (Lipinski definition) is 3. The topological polar surface area (TPSA) is 66.5 Å². The minimum absolute atomic E-state index is 0.125. The van der Waals surface area contributed by atoms with Gasteiger partial charge in [-0.25, -0.2) is 13.1 Å². The van der Waals surface area contributed by atoms with Crippen molar-refractivity contribution in [1.29, 1.82) is 0 Å². The molecule has 5 fully saturated rings. The number of carbonyl (C=O) groups excluding carboxylic acids is 1. The van der Waals surface area contributed by atoms with Gasteiger partial charge in [-0.05, 0) is 93.4 Å². The van der Waals surface area contributed by atoms with Gasteiger partial charge in [-0.2, -0.15) is 0 Å². The molecule has 5 nitrogen and oxygen atoms in total. The Morgan fingerprint density at radius 1 is 1.07 bits per heavy atom. The van der Waals surface area contributed by atoms with Crippen LogP contribution >= 0.6 is 0 Å². The number of anilines is 1. The van der Waals surface area contributed by atoms with Crippen LogP contribution < -0.4 is 9.62 Å². The Morgan fingerprint density at radius 3 is 2.22 bits per heavy atom. The lowest BCUT2D eigenvalue weighted by atomic mass is 9.53. The van der Waals surface area contributed by atoms with Crippen molar-refractivity contribution in [3.63, 3.8) is 0 Å². The predicted molar refractivity (Wildman–Crippen MR) is 104 cm³/mol. The van der Waals surface area contributed by atoms with Crippen LogP contribution in [0, 0.1) is 24.7 Å². The molecule has 5 aliphatic rings. The Labute approximate surface area is 161 Å². The van der Waals surface area contributed by atoms with Crippen molar-refractivity contribution in [3.05, 3.63) is 23.8 Å². The molecular formula is C21H28N2O3S. The molecule has 6 rings (SSSR count). The van der Waals surface area contributed by atoms with E-state index in [4.69, 9.17) is 0 Å². The number of aryl methyl sites for hydroxylation is 1. The van der Waals surface area contributed by atoms with Crippen molar-refractivity contribution >= 4 is 21.6 Å². The molecule has 4 saturated carbocycles. The number of hydrogen-bond donors (Lipinski definition) is 1. The molecule has 0 aromatic heterocycles. The fourth-order valence-electron chi connectivity index (χ4n) is 6.58. The number of amides is 1. The SMILES string of the molecule is Cc1cc(S(=O)(=O)NC23CC4CC(CC(C4)C2)C3)ccc1N1CCCC1=O. The maximum atomic E-state index is 13.2. The fraction of sp³-hybridized carbons (Fsp3) is 0.667. The molecule has 1 aromatic rings. The van der Waals surface area contributed by atoms with Gasteiger partial charge in [0.25, 0.3) is 0 Å². The lowest BCUT2D eigenvalue weighted by molar-refractivity contribution is -0.117. The van der Waals surface area contributed by atoms with E-state index in [0.29, 0.717) is 29.1 Å². The van der Waals surface area contributed by atoms with E-state index < -0.39 is 10.0 Å². The van der Waals surface area contributed by atoms with E-state index in [1.807, 2.05) is 6.92 Å². The number of nitrogens with one attached hydrogen (secondary N) is 1. The van der Waals surface area contributed by atoms with Crippen LogP contribution in [0.3, 0.4) is 0 Å². The summed E-state index contributed by atoms with van der Waals surface area (Å²) in [4.78, 5) is 14.1. The number of carbonyl (C=O) groups is 1. The lowest BCUT2D eigenvalue weighted by Gasteiger charge is -2.56. The highest BCUT2D eigenvalue weighted by Gasteiger charge is 2.52. The molecule has 0 spiro atoms. The average Bonchev–Trinajstić information content (AvgIpc) is 2.98. The molecule has 0 atom stereocenters. The van der Waals surface area contributed by atoms with E-state index in [0.717, 1.165) is 43.5 Å². The van der Waals surface area contributed by atoms with E-state index in [1.54, 1.807) is 23.1 Å². The first kappa shape index (κ1) is 17.7. The highest BCUT2D eigenvalue weighted by molar-refractivity contribution is 7.89. The third kappa shape index (κ3) is 3.01. The summed E-state index contributed by atoms with van der Waals surface area (Å²) in [6.07, 6.45) is 8.31. The van der Waals surface area contributed by atoms with Gasteiger partial charge in [-0.3, -0.25) is 4.79 Å². The molecule has 0 radical (unpaired) electrons. The number of sulfonamides is 1. The van der Waals surface area contributed by atoms with Crippen LogP contribution in [0.2, 0.25) is 0 Å². The summed E-state index contributed by atoms with van der Waals surface area (Å²) in [6.45, 7) is 2.61. The van der Waals surface area contributed by atoms with Crippen molar-refractivity contribution in [3.8, 4) is 0 Å². The maximum absolute atomic E-state index is 13.2. The number of rotatable bonds is 4. The van der Waals surface area contributed by atoms with Gasteiger partial charge >= 0.3 is 0 Å². The van der Waals surface area contributed by atoms with Crippen LogP contribution in [0.5, 0.6) is 0 Å². The molecular weight excluding hydrogens is 360 g/mol. The fourth-order valence-corrected chi connectivity index (χ4v) is 8.10. The van der Waals surface area contributed by atoms with Crippen LogP contribution in [0.4, 0.5) is 5.69 Å². The van der Waals surface area contributed by atoms with Gasteiger partial charge in [0.2, 0.25) is 15.9 Å². The minimum Gasteiger partial charge on any atom is -0.312 e. The van der Waals surface area contributed by atoms with Crippen molar-refractivity contribution in [2.45, 2.75) is 68.7 Å². The predicted octanol–water partition coefficient (Wildman–Crippen LogP) is 3.37. The normalized spacial score (nSPS) is 35.2. The van der Waals surface area contributed by atoms with E-state index in [2.05, 4.69) is 4.72 Å². The van der Waals surface area contributed by atoms with E-state index in [-0.39, 0.29) is 11.4 Å². The molecule has 1 aliphatic heterocycles. The monoisotopic (exact) mass is 388 g/mol. The molecule has 1 heterocycles. The van der Waals surface area contributed by atoms with Crippen molar-refractivity contribution in [2.24, 2.45) is 17.8 Å². The zero-order valence-corrected chi connectivity index (χ0v) is 16.7. The smallest absolute Gasteiger partial charge is 0.241 e. The highest BCUT2D eigenvalue weighted by atomic mass is 32.2. The quantitative estimate of drug-likeness (QED) is 0.860. The van der Waals surface area contributed by atoms with Crippen molar-refractivity contribution in [2.75, 3.05) is 11.4 Å². The Hall–Kier alpha value is -1.40. The molecule has 4 aliphatic carbocycles. The molecule has 0 unspecified atom stereocenters. The molecule has 146 valence electrons. The second kappa shape index (κ2) is 6.05. The van der Waals surface area contributed by atoms with Crippen molar-refractivity contribution < 1.29 is 13.2 Å². The largest absolute Gasteiger partial charge is 0.312 e. The van der Waals surface area contributed by atoms with Gasteiger partial charge in [0, 0.05) is 24.2 Å². The highest BCUT2D eigenvalue weighted by Crippen LogP contribution is 2.56. The van der Waals surface area contributed by atoms with Gasteiger partial charge in [0.1, 0.15) is 0 Å². The standard InChI is InChI=1S/C21H28N2O3S/c1-14-7-18(4-5-19(14)23-6-2-3-20(23)24)27(25,26)22-21-11-15-8-16(12-21)10-17(9-15)13-21/h4-5,7,15-17,22H,2-3,6,8-13H2,1H3. The molecule has 27 heavy (non-hydrogen) atoms.